The molecule has 1 aliphatic carbocycles. The topological polar surface area (TPSA) is 32.3 Å². The third-order valence-corrected chi connectivity index (χ3v) is 5.46. The molecule has 0 amide bonds. The average Bonchev–Trinajstić information content (AvgIpc) is 2.32. The molecule has 0 heterocycles. The number of aliphatic hydroxyl groups is 1. The first-order chi connectivity index (χ1) is 8.21. The first-order valence-corrected chi connectivity index (χ1v) is 8.15. The number of rotatable bonds is 7. The summed E-state index contributed by atoms with van der Waals surface area (Å²) in [5.41, 5.74) is 0. The molecule has 0 aliphatic heterocycles. The molecule has 1 aliphatic rings. The molecular weight excluding hydrogens is 230 g/mol. The predicted molar refractivity (Wildman–Crippen MR) is 77.6 cm³/mol. The molecule has 1 saturated carbocycles. The Balaban J connectivity index is 2.47. The lowest BCUT2D eigenvalue weighted by molar-refractivity contribution is 0.285. The van der Waals surface area contributed by atoms with Crippen molar-refractivity contribution in [1.29, 1.82) is 0 Å². The molecule has 4 atom stereocenters. The van der Waals surface area contributed by atoms with E-state index in [9.17, 15) is 0 Å². The molecular formula is C14H29NOS. The van der Waals surface area contributed by atoms with Gasteiger partial charge in [0.1, 0.15) is 0 Å². The summed E-state index contributed by atoms with van der Waals surface area (Å²) in [6.45, 7) is 8.16. The van der Waals surface area contributed by atoms with Crippen molar-refractivity contribution in [2.24, 2.45) is 5.92 Å². The Morgan fingerprint density at radius 1 is 1.35 bits per heavy atom. The van der Waals surface area contributed by atoms with Crippen LogP contribution in [0.2, 0.25) is 0 Å². The van der Waals surface area contributed by atoms with E-state index < -0.39 is 0 Å². The molecule has 17 heavy (non-hydrogen) atoms. The Hall–Kier alpha value is 0.270. The Bertz CT molecular complexity index is 201. The monoisotopic (exact) mass is 259 g/mol. The number of nitrogens with one attached hydrogen (secondary N) is 1. The van der Waals surface area contributed by atoms with Gasteiger partial charge >= 0.3 is 0 Å². The molecule has 0 aromatic heterocycles. The number of hydrogen-bond acceptors (Lipinski definition) is 3. The van der Waals surface area contributed by atoms with Crippen LogP contribution in [-0.2, 0) is 0 Å². The number of aliphatic hydroxyl groups excluding tert-OH is 1. The molecule has 0 aromatic rings. The van der Waals surface area contributed by atoms with Crippen molar-refractivity contribution >= 4 is 11.8 Å². The molecule has 0 aromatic carbocycles. The smallest absolute Gasteiger partial charge is 0.0441 e. The molecule has 4 unspecified atom stereocenters. The highest BCUT2D eigenvalue weighted by Crippen LogP contribution is 2.36. The third-order valence-electron chi connectivity index (χ3n) is 3.89. The minimum atomic E-state index is 0.323. The zero-order chi connectivity index (χ0) is 12.7. The van der Waals surface area contributed by atoms with Crippen LogP contribution in [0.15, 0.2) is 0 Å². The molecule has 102 valence electrons. The van der Waals surface area contributed by atoms with Crippen LogP contribution in [0, 0.1) is 5.92 Å². The summed E-state index contributed by atoms with van der Waals surface area (Å²) in [6, 6.07) is 0.689. The zero-order valence-electron chi connectivity index (χ0n) is 11.6. The van der Waals surface area contributed by atoms with Crippen LogP contribution in [-0.4, -0.2) is 34.8 Å². The van der Waals surface area contributed by atoms with Crippen molar-refractivity contribution < 1.29 is 5.11 Å². The van der Waals surface area contributed by atoms with Gasteiger partial charge in [0.15, 0.2) is 0 Å². The second kappa shape index (κ2) is 8.39. The van der Waals surface area contributed by atoms with E-state index in [1.54, 1.807) is 0 Å². The minimum absolute atomic E-state index is 0.323. The number of thioether (sulfide) groups is 1. The van der Waals surface area contributed by atoms with Crippen molar-refractivity contribution in [3.05, 3.63) is 0 Å². The summed E-state index contributed by atoms with van der Waals surface area (Å²) in [7, 11) is 0. The molecule has 1 fully saturated rings. The summed E-state index contributed by atoms with van der Waals surface area (Å²) in [6.07, 6.45) is 6.32. The maximum atomic E-state index is 9.00. The Morgan fingerprint density at radius 2 is 2.12 bits per heavy atom. The van der Waals surface area contributed by atoms with Crippen molar-refractivity contribution in [2.45, 2.75) is 69.4 Å². The second-order valence-corrected chi connectivity index (χ2v) is 6.93. The van der Waals surface area contributed by atoms with Gasteiger partial charge in [-0.2, -0.15) is 11.8 Å². The van der Waals surface area contributed by atoms with Gasteiger partial charge in [-0.3, -0.25) is 0 Å². The fourth-order valence-electron chi connectivity index (χ4n) is 2.78. The van der Waals surface area contributed by atoms with E-state index >= 15 is 0 Å². The normalized spacial score (nSPS) is 31.4. The molecule has 2 nitrogen and oxygen atoms in total. The van der Waals surface area contributed by atoms with E-state index in [4.69, 9.17) is 5.11 Å². The van der Waals surface area contributed by atoms with Crippen LogP contribution in [0.5, 0.6) is 0 Å². The summed E-state index contributed by atoms with van der Waals surface area (Å²) >= 11 is 2.09. The SMILES string of the molecule is CCNC1CCC(CC)CC1SC(C)CCO. The van der Waals surface area contributed by atoms with Gasteiger partial charge < -0.3 is 10.4 Å². The lowest BCUT2D eigenvalue weighted by Crippen LogP contribution is -2.43. The molecule has 0 bridgehead atoms. The van der Waals surface area contributed by atoms with E-state index in [0.29, 0.717) is 17.9 Å². The van der Waals surface area contributed by atoms with E-state index in [0.717, 1.165) is 24.1 Å². The van der Waals surface area contributed by atoms with E-state index in [1.807, 2.05) is 0 Å². The van der Waals surface area contributed by atoms with Gasteiger partial charge in [0, 0.05) is 23.1 Å². The lowest BCUT2D eigenvalue weighted by atomic mass is 9.84. The predicted octanol–water partition coefficient (Wildman–Crippen LogP) is 3.05. The number of hydrogen-bond donors (Lipinski definition) is 2. The first kappa shape index (κ1) is 15.3. The molecule has 1 rings (SSSR count). The molecule has 0 saturated heterocycles. The highest BCUT2D eigenvalue weighted by molar-refractivity contribution is 8.00. The summed E-state index contributed by atoms with van der Waals surface area (Å²) in [5, 5.41) is 14.0. The summed E-state index contributed by atoms with van der Waals surface area (Å²) in [4.78, 5) is 0. The van der Waals surface area contributed by atoms with E-state index in [1.165, 1.54) is 25.7 Å². The molecule has 3 heteroatoms. The van der Waals surface area contributed by atoms with Gasteiger partial charge in [-0.1, -0.05) is 27.2 Å². The van der Waals surface area contributed by atoms with Crippen molar-refractivity contribution in [2.75, 3.05) is 13.2 Å². The Labute approximate surface area is 111 Å². The van der Waals surface area contributed by atoms with Crippen molar-refractivity contribution in [3.8, 4) is 0 Å². The van der Waals surface area contributed by atoms with Gasteiger partial charge in [0.05, 0.1) is 0 Å². The van der Waals surface area contributed by atoms with Crippen LogP contribution in [0.1, 0.15) is 52.9 Å². The average molecular weight is 259 g/mol. The van der Waals surface area contributed by atoms with Crippen LogP contribution in [0.3, 0.4) is 0 Å². The van der Waals surface area contributed by atoms with Crippen molar-refractivity contribution in [1.82, 2.24) is 5.32 Å². The third kappa shape index (κ3) is 5.19. The first-order valence-electron chi connectivity index (χ1n) is 7.20. The Kier molecular flexibility index (Phi) is 7.56. The maximum absolute atomic E-state index is 9.00. The Morgan fingerprint density at radius 3 is 2.71 bits per heavy atom. The van der Waals surface area contributed by atoms with Gasteiger partial charge in [-0.25, -0.2) is 0 Å². The highest BCUT2D eigenvalue weighted by atomic mass is 32.2. The molecule has 2 N–H and O–H groups in total. The summed E-state index contributed by atoms with van der Waals surface area (Å²) < 4.78 is 0. The van der Waals surface area contributed by atoms with Gasteiger partial charge in [-0.05, 0) is 38.1 Å². The lowest BCUT2D eigenvalue weighted by Gasteiger charge is -2.37. The second-order valence-electron chi connectivity index (χ2n) is 5.25. The maximum Gasteiger partial charge on any atom is 0.0441 e. The zero-order valence-corrected chi connectivity index (χ0v) is 12.4. The fraction of sp³-hybridized carbons (Fsp3) is 1.00. The van der Waals surface area contributed by atoms with Crippen LogP contribution in [0.25, 0.3) is 0 Å². The van der Waals surface area contributed by atoms with E-state index in [-0.39, 0.29) is 0 Å². The van der Waals surface area contributed by atoms with E-state index in [2.05, 4.69) is 37.8 Å². The molecule has 0 spiro atoms. The van der Waals surface area contributed by atoms with Gasteiger partial charge in [0.25, 0.3) is 0 Å². The largest absolute Gasteiger partial charge is 0.396 e. The quantitative estimate of drug-likeness (QED) is 0.737. The van der Waals surface area contributed by atoms with Gasteiger partial charge in [-0.15, -0.1) is 0 Å². The van der Waals surface area contributed by atoms with Gasteiger partial charge in [0.2, 0.25) is 0 Å². The minimum Gasteiger partial charge on any atom is -0.396 e. The summed E-state index contributed by atoms with van der Waals surface area (Å²) in [5.74, 6) is 0.920. The standard InChI is InChI=1S/C14H29NOS/c1-4-12-6-7-13(15-5-2)14(10-12)17-11(3)8-9-16/h11-16H,4-10H2,1-3H3. The highest BCUT2D eigenvalue weighted by Gasteiger charge is 2.30. The van der Waals surface area contributed by atoms with Crippen LogP contribution in [0.4, 0.5) is 0 Å². The molecule has 0 radical (unpaired) electrons. The van der Waals surface area contributed by atoms with Crippen LogP contribution >= 0.6 is 11.8 Å². The fourth-order valence-corrected chi connectivity index (χ4v) is 4.42. The van der Waals surface area contributed by atoms with Crippen molar-refractivity contribution in [3.63, 3.8) is 0 Å². The van der Waals surface area contributed by atoms with Crippen LogP contribution < -0.4 is 5.32 Å².